The zero-order valence-electron chi connectivity index (χ0n) is 21.1. The summed E-state index contributed by atoms with van der Waals surface area (Å²) in [5.41, 5.74) is 7.36. The molecule has 7 nitrogen and oxygen atoms in total. The van der Waals surface area contributed by atoms with Crippen LogP contribution in [0.1, 0.15) is 60.9 Å². The lowest BCUT2D eigenvalue weighted by Crippen LogP contribution is -2.51. The van der Waals surface area contributed by atoms with Gasteiger partial charge in [0.1, 0.15) is 6.04 Å². The second-order valence-electron chi connectivity index (χ2n) is 10.1. The lowest BCUT2D eigenvalue weighted by Gasteiger charge is -2.28. The highest BCUT2D eigenvalue weighted by atomic mass is 16.2. The molecule has 1 heterocycles. The van der Waals surface area contributed by atoms with Crippen molar-refractivity contribution in [2.45, 2.75) is 51.0 Å². The molecule has 3 atom stereocenters. The van der Waals surface area contributed by atoms with Gasteiger partial charge in [-0.05, 0) is 50.2 Å². The summed E-state index contributed by atoms with van der Waals surface area (Å²) in [7, 11) is 0. The van der Waals surface area contributed by atoms with Crippen LogP contribution in [-0.2, 0) is 14.4 Å². The van der Waals surface area contributed by atoms with E-state index in [-0.39, 0.29) is 17.6 Å². The van der Waals surface area contributed by atoms with Crippen molar-refractivity contribution >= 4 is 29.2 Å². The molecule has 194 valence electrons. The summed E-state index contributed by atoms with van der Waals surface area (Å²) in [5.74, 6) is -1.96. The maximum absolute atomic E-state index is 13.6. The van der Waals surface area contributed by atoms with E-state index in [9.17, 15) is 19.2 Å². The van der Waals surface area contributed by atoms with E-state index >= 15 is 0 Å². The summed E-state index contributed by atoms with van der Waals surface area (Å²) in [5, 5.41) is 2.96. The summed E-state index contributed by atoms with van der Waals surface area (Å²) in [6.07, 6.45) is 6.67. The minimum atomic E-state index is -0.706. The number of rotatable bonds is 11. The smallest absolute Gasteiger partial charge is 0.249 e. The van der Waals surface area contributed by atoms with E-state index in [0.717, 1.165) is 25.7 Å². The number of hydrogen-bond donors (Lipinski definition) is 2. The Morgan fingerprint density at radius 2 is 1.73 bits per heavy atom. The van der Waals surface area contributed by atoms with Gasteiger partial charge >= 0.3 is 0 Å². The second kappa shape index (κ2) is 12.0. The van der Waals surface area contributed by atoms with Crippen LogP contribution in [0.15, 0.2) is 67.3 Å². The molecular weight excluding hydrogens is 466 g/mol. The quantitative estimate of drug-likeness (QED) is 0.358. The highest BCUT2D eigenvalue weighted by Gasteiger charge is 2.39. The highest BCUT2D eigenvalue weighted by molar-refractivity contribution is 6.10. The fourth-order valence-corrected chi connectivity index (χ4v) is 5.11. The van der Waals surface area contributed by atoms with Gasteiger partial charge in [0, 0.05) is 23.4 Å². The number of allylic oxidation sites excluding steroid dienone is 1. The summed E-state index contributed by atoms with van der Waals surface area (Å²) >= 11 is 0. The SMILES string of the molecule is C=CC[C@H](C(N)=O)[C@@H](CC1CC1)C(=O)N[C@H]1CCCCN(c2cccc(C(=O)c3ccccc3)c2)C1=O. The van der Waals surface area contributed by atoms with Gasteiger partial charge in [0.15, 0.2) is 5.78 Å². The molecule has 0 spiro atoms. The number of primary amides is 1. The van der Waals surface area contributed by atoms with E-state index in [1.165, 1.54) is 0 Å². The summed E-state index contributed by atoms with van der Waals surface area (Å²) in [6.45, 7) is 4.22. The van der Waals surface area contributed by atoms with Crippen LogP contribution in [0.25, 0.3) is 0 Å². The van der Waals surface area contributed by atoms with E-state index in [2.05, 4.69) is 11.9 Å². The topological polar surface area (TPSA) is 110 Å². The van der Waals surface area contributed by atoms with Crippen LogP contribution < -0.4 is 16.0 Å². The second-order valence-corrected chi connectivity index (χ2v) is 10.1. The number of ketones is 1. The largest absolute Gasteiger partial charge is 0.369 e. The average molecular weight is 502 g/mol. The fourth-order valence-electron chi connectivity index (χ4n) is 5.11. The Labute approximate surface area is 218 Å². The Bertz CT molecular complexity index is 1160. The lowest BCUT2D eigenvalue weighted by atomic mass is 9.83. The fraction of sp³-hybridized carbons (Fsp3) is 0.400. The Morgan fingerprint density at radius 3 is 2.41 bits per heavy atom. The molecule has 7 heteroatoms. The molecule has 1 saturated carbocycles. The van der Waals surface area contributed by atoms with Crippen LogP contribution in [0.2, 0.25) is 0 Å². The molecule has 0 radical (unpaired) electrons. The Kier molecular flexibility index (Phi) is 8.54. The van der Waals surface area contributed by atoms with Crippen molar-refractivity contribution in [1.82, 2.24) is 5.32 Å². The maximum Gasteiger partial charge on any atom is 0.249 e. The molecule has 1 aliphatic carbocycles. The molecule has 2 aromatic rings. The predicted octanol–water partition coefficient (Wildman–Crippen LogP) is 4.01. The molecule has 0 bridgehead atoms. The number of hydrogen-bond acceptors (Lipinski definition) is 4. The highest BCUT2D eigenvalue weighted by Crippen LogP contribution is 2.38. The zero-order chi connectivity index (χ0) is 26.4. The van der Waals surface area contributed by atoms with E-state index in [0.29, 0.717) is 48.5 Å². The summed E-state index contributed by atoms with van der Waals surface area (Å²) in [6, 6.07) is 15.4. The van der Waals surface area contributed by atoms with Crippen LogP contribution >= 0.6 is 0 Å². The first kappa shape index (κ1) is 26.3. The molecule has 37 heavy (non-hydrogen) atoms. The van der Waals surface area contributed by atoms with Gasteiger partial charge in [-0.15, -0.1) is 6.58 Å². The van der Waals surface area contributed by atoms with E-state index in [1.54, 1.807) is 41.3 Å². The van der Waals surface area contributed by atoms with Gasteiger partial charge in [0.2, 0.25) is 17.7 Å². The standard InChI is InChI=1S/C30H35N3O4/c1-2-9-24(28(31)35)25(18-20-15-16-20)29(36)32-26-14-6-7-17-33(30(26)37)23-13-8-12-22(19-23)27(34)21-10-4-3-5-11-21/h2-5,8,10-13,19-20,24-26H,1,6-7,9,14-18H2,(H2,31,35)(H,32,36)/t24-,25+,26-/m0/s1. The van der Waals surface area contributed by atoms with Crippen LogP contribution in [0.4, 0.5) is 5.69 Å². The minimum absolute atomic E-state index is 0.114. The maximum atomic E-state index is 13.6. The van der Waals surface area contributed by atoms with Crippen molar-refractivity contribution in [2.24, 2.45) is 23.5 Å². The van der Waals surface area contributed by atoms with Crippen molar-refractivity contribution in [3.8, 4) is 0 Å². The molecule has 0 aromatic heterocycles. The number of carbonyl (C=O) groups excluding carboxylic acids is 4. The third-order valence-corrected chi connectivity index (χ3v) is 7.35. The van der Waals surface area contributed by atoms with Crippen LogP contribution in [0.3, 0.4) is 0 Å². The first-order valence-corrected chi connectivity index (χ1v) is 13.1. The van der Waals surface area contributed by atoms with Gasteiger partial charge in [0.25, 0.3) is 0 Å². The zero-order valence-corrected chi connectivity index (χ0v) is 21.1. The number of benzene rings is 2. The Balaban J connectivity index is 1.53. The van der Waals surface area contributed by atoms with E-state index in [4.69, 9.17) is 5.73 Å². The Morgan fingerprint density at radius 1 is 1.00 bits per heavy atom. The number of amides is 3. The monoisotopic (exact) mass is 501 g/mol. The van der Waals surface area contributed by atoms with Crippen LogP contribution in [0, 0.1) is 17.8 Å². The van der Waals surface area contributed by atoms with Gasteiger partial charge in [-0.2, -0.15) is 0 Å². The molecule has 1 saturated heterocycles. The number of anilines is 1. The van der Waals surface area contributed by atoms with Crippen molar-refractivity contribution in [3.63, 3.8) is 0 Å². The Hall–Kier alpha value is -3.74. The average Bonchev–Trinajstić information content (AvgIpc) is 3.75. The van der Waals surface area contributed by atoms with Gasteiger partial charge in [-0.3, -0.25) is 19.2 Å². The molecule has 4 rings (SSSR count). The van der Waals surface area contributed by atoms with Gasteiger partial charge in [-0.25, -0.2) is 0 Å². The molecule has 0 unspecified atom stereocenters. The third kappa shape index (κ3) is 6.53. The number of nitrogens with zero attached hydrogens (tertiary/aromatic N) is 1. The molecule has 3 amide bonds. The number of carbonyl (C=O) groups is 4. The van der Waals surface area contributed by atoms with E-state index < -0.39 is 23.8 Å². The first-order chi connectivity index (χ1) is 17.9. The first-order valence-electron chi connectivity index (χ1n) is 13.1. The molecule has 3 N–H and O–H groups in total. The molecule has 2 fully saturated rings. The molecule has 2 aromatic carbocycles. The van der Waals surface area contributed by atoms with Gasteiger partial charge in [-0.1, -0.05) is 61.4 Å². The number of nitrogens with two attached hydrogens (primary N) is 1. The molecule has 2 aliphatic rings. The summed E-state index contributed by atoms with van der Waals surface area (Å²) < 4.78 is 0. The van der Waals surface area contributed by atoms with Crippen LogP contribution in [0.5, 0.6) is 0 Å². The number of nitrogens with one attached hydrogen (secondary N) is 1. The normalized spacial score (nSPS) is 19.4. The summed E-state index contributed by atoms with van der Waals surface area (Å²) in [4.78, 5) is 53.9. The van der Waals surface area contributed by atoms with Crippen molar-refractivity contribution < 1.29 is 19.2 Å². The van der Waals surface area contributed by atoms with Crippen LogP contribution in [-0.4, -0.2) is 36.1 Å². The molecular formula is C30H35N3O4. The third-order valence-electron chi connectivity index (χ3n) is 7.35. The van der Waals surface area contributed by atoms with Crippen molar-refractivity contribution in [2.75, 3.05) is 11.4 Å². The lowest BCUT2D eigenvalue weighted by molar-refractivity contribution is -0.135. The minimum Gasteiger partial charge on any atom is -0.369 e. The molecule has 1 aliphatic heterocycles. The van der Waals surface area contributed by atoms with Crippen molar-refractivity contribution in [1.29, 1.82) is 0 Å². The van der Waals surface area contributed by atoms with Gasteiger partial charge in [0.05, 0.1) is 11.8 Å². The van der Waals surface area contributed by atoms with Crippen molar-refractivity contribution in [3.05, 3.63) is 78.4 Å². The van der Waals surface area contributed by atoms with Gasteiger partial charge < -0.3 is 16.0 Å². The van der Waals surface area contributed by atoms with E-state index in [1.807, 2.05) is 24.3 Å². The predicted molar refractivity (Wildman–Crippen MR) is 143 cm³/mol.